The number of hydrogen-bond acceptors (Lipinski definition) is 1. The average Bonchev–Trinajstić information content (AvgIpc) is 2.41. The zero-order chi connectivity index (χ0) is 12.8. The maximum atomic E-state index is 6.02. The molecule has 0 radical (unpaired) electrons. The van der Waals surface area contributed by atoms with Gasteiger partial charge < -0.3 is 4.74 Å². The van der Waals surface area contributed by atoms with Crippen LogP contribution in [-0.2, 0) is 16.4 Å². The quantitative estimate of drug-likeness (QED) is 0.596. The second-order valence-electron chi connectivity index (χ2n) is 5.10. The Labute approximate surface area is 113 Å². The molecular weight excluding hydrogens is 236 g/mol. The SMILES string of the molecule is C=CC=CCc1ccc(C2([SiH3])CCCCO2)cc1. The van der Waals surface area contributed by atoms with E-state index in [4.69, 9.17) is 4.74 Å². The van der Waals surface area contributed by atoms with Gasteiger partial charge in [-0.15, -0.1) is 0 Å². The first-order valence-electron chi connectivity index (χ1n) is 6.75. The van der Waals surface area contributed by atoms with E-state index in [9.17, 15) is 0 Å². The molecule has 0 spiro atoms. The molecule has 1 atom stereocenters. The highest BCUT2D eigenvalue weighted by atomic mass is 28.1. The van der Waals surface area contributed by atoms with Crippen LogP contribution < -0.4 is 0 Å². The van der Waals surface area contributed by atoms with E-state index in [1.807, 2.05) is 12.2 Å². The van der Waals surface area contributed by atoms with Gasteiger partial charge in [0.1, 0.15) is 0 Å². The van der Waals surface area contributed by atoms with E-state index in [2.05, 4.69) is 36.9 Å². The predicted molar refractivity (Wildman–Crippen MR) is 80.9 cm³/mol. The van der Waals surface area contributed by atoms with Gasteiger partial charge in [-0.25, -0.2) is 0 Å². The lowest BCUT2D eigenvalue weighted by Crippen LogP contribution is -2.33. The van der Waals surface area contributed by atoms with Gasteiger partial charge >= 0.3 is 0 Å². The monoisotopic (exact) mass is 258 g/mol. The number of benzene rings is 1. The molecule has 0 bridgehead atoms. The van der Waals surface area contributed by atoms with Crippen LogP contribution in [0.5, 0.6) is 0 Å². The first kappa shape index (κ1) is 13.3. The van der Waals surface area contributed by atoms with Gasteiger partial charge in [-0.05, 0) is 36.8 Å². The Morgan fingerprint density at radius 2 is 2.06 bits per heavy atom. The van der Waals surface area contributed by atoms with E-state index in [0.717, 1.165) is 23.3 Å². The minimum atomic E-state index is 0.0632. The second kappa shape index (κ2) is 6.16. The summed E-state index contributed by atoms with van der Waals surface area (Å²) in [6, 6.07) is 8.94. The Morgan fingerprint density at radius 1 is 1.28 bits per heavy atom. The standard InChI is InChI=1S/C16H22OSi/c1-2-3-4-7-14-8-10-15(11-9-14)16(18)12-5-6-13-17-16/h2-4,8-11H,1,5-7,12-13H2,18H3. The van der Waals surface area contributed by atoms with Gasteiger partial charge in [0.15, 0.2) is 0 Å². The van der Waals surface area contributed by atoms with E-state index < -0.39 is 0 Å². The second-order valence-corrected chi connectivity index (χ2v) is 6.72. The van der Waals surface area contributed by atoms with Crippen molar-refractivity contribution in [2.45, 2.75) is 30.9 Å². The molecule has 18 heavy (non-hydrogen) atoms. The molecule has 0 aliphatic carbocycles. The van der Waals surface area contributed by atoms with Crippen molar-refractivity contribution in [3.8, 4) is 0 Å². The molecule has 96 valence electrons. The van der Waals surface area contributed by atoms with Gasteiger partial charge in [0.05, 0.1) is 5.22 Å². The third-order valence-corrected chi connectivity index (χ3v) is 5.03. The van der Waals surface area contributed by atoms with Crippen molar-refractivity contribution in [3.05, 3.63) is 60.2 Å². The van der Waals surface area contributed by atoms with Gasteiger partial charge in [-0.2, -0.15) is 0 Å². The van der Waals surface area contributed by atoms with E-state index in [0.29, 0.717) is 0 Å². The maximum absolute atomic E-state index is 6.02. The number of rotatable bonds is 4. The molecule has 1 aliphatic heterocycles. The smallest absolute Gasteiger partial charge is 0.0723 e. The Kier molecular flexibility index (Phi) is 4.56. The summed E-state index contributed by atoms with van der Waals surface area (Å²) in [6.07, 6.45) is 10.6. The maximum Gasteiger partial charge on any atom is 0.0723 e. The van der Waals surface area contributed by atoms with Crippen LogP contribution in [0.15, 0.2) is 49.1 Å². The van der Waals surface area contributed by atoms with Crippen molar-refractivity contribution in [2.24, 2.45) is 0 Å². The predicted octanol–water partition coefficient (Wildman–Crippen LogP) is 2.69. The fraction of sp³-hybridized carbons (Fsp3) is 0.375. The molecule has 0 saturated carbocycles. The summed E-state index contributed by atoms with van der Waals surface area (Å²) in [5.41, 5.74) is 2.71. The summed E-state index contributed by atoms with van der Waals surface area (Å²) in [6.45, 7) is 4.60. The Bertz CT molecular complexity index is 413. The van der Waals surface area contributed by atoms with Crippen molar-refractivity contribution in [1.82, 2.24) is 0 Å². The lowest BCUT2D eigenvalue weighted by molar-refractivity contribution is -0.0210. The Morgan fingerprint density at radius 3 is 2.67 bits per heavy atom. The minimum absolute atomic E-state index is 0.0632. The third-order valence-electron chi connectivity index (χ3n) is 3.66. The molecule has 1 heterocycles. The van der Waals surface area contributed by atoms with Gasteiger partial charge in [-0.1, -0.05) is 49.1 Å². The van der Waals surface area contributed by atoms with Crippen LogP contribution in [-0.4, -0.2) is 16.8 Å². The largest absolute Gasteiger partial charge is 0.375 e. The summed E-state index contributed by atoms with van der Waals surface area (Å²) >= 11 is 0. The van der Waals surface area contributed by atoms with Gasteiger partial charge in [0.25, 0.3) is 0 Å². The first-order chi connectivity index (χ1) is 8.74. The third kappa shape index (κ3) is 3.21. The first-order valence-corrected chi connectivity index (χ1v) is 7.75. The molecular formula is C16H22OSi. The van der Waals surface area contributed by atoms with Crippen LogP contribution in [0.2, 0.25) is 0 Å². The molecule has 1 aromatic rings. The van der Waals surface area contributed by atoms with E-state index in [-0.39, 0.29) is 5.22 Å². The Balaban J connectivity index is 2.06. The molecule has 2 rings (SSSR count). The zero-order valence-electron chi connectivity index (χ0n) is 11.2. The normalized spacial score (nSPS) is 24.4. The molecule has 1 nitrogen and oxygen atoms in total. The summed E-state index contributed by atoms with van der Waals surface area (Å²) in [5.74, 6) is 0. The number of allylic oxidation sites excluding steroid dienone is 3. The fourth-order valence-electron chi connectivity index (χ4n) is 2.46. The zero-order valence-corrected chi connectivity index (χ0v) is 13.2. The summed E-state index contributed by atoms with van der Waals surface area (Å²) in [4.78, 5) is 0. The van der Waals surface area contributed by atoms with Crippen molar-refractivity contribution in [3.63, 3.8) is 0 Å². The lowest BCUT2D eigenvalue weighted by Gasteiger charge is -2.34. The average molecular weight is 258 g/mol. The molecule has 2 heteroatoms. The molecule has 0 aromatic heterocycles. The Hall–Kier alpha value is -1.12. The molecule has 1 aromatic carbocycles. The van der Waals surface area contributed by atoms with Gasteiger partial charge in [0.2, 0.25) is 0 Å². The van der Waals surface area contributed by atoms with Crippen LogP contribution in [0.25, 0.3) is 0 Å². The summed E-state index contributed by atoms with van der Waals surface area (Å²) in [7, 11) is 1.07. The summed E-state index contributed by atoms with van der Waals surface area (Å²) in [5, 5.41) is 0.0632. The van der Waals surface area contributed by atoms with Crippen LogP contribution in [0, 0.1) is 0 Å². The molecule has 1 unspecified atom stereocenters. The highest BCUT2D eigenvalue weighted by Gasteiger charge is 2.29. The van der Waals surface area contributed by atoms with E-state index in [1.54, 1.807) is 0 Å². The molecule has 1 saturated heterocycles. The van der Waals surface area contributed by atoms with Crippen LogP contribution in [0.3, 0.4) is 0 Å². The summed E-state index contributed by atoms with van der Waals surface area (Å²) < 4.78 is 6.02. The fourth-order valence-corrected chi connectivity index (χ4v) is 3.35. The number of hydrogen-bond donors (Lipinski definition) is 0. The van der Waals surface area contributed by atoms with Crippen LogP contribution in [0.4, 0.5) is 0 Å². The van der Waals surface area contributed by atoms with Gasteiger partial charge in [0, 0.05) is 16.8 Å². The van der Waals surface area contributed by atoms with Crippen LogP contribution in [0.1, 0.15) is 30.4 Å². The van der Waals surface area contributed by atoms with E-state index >= 15 is 0 Å². The topological polar surface area (TPSA) is 9.23 Å². The van der Waals surface area contributed by atoms with Crippen molar-refractivity contribution >= 4 is 10.2 Å². The minimum Gasteiger partial charge on any atom is -0.375 e. The van der Waals surface area contributed by atoms with Crippen molar-refractivity contribution < 1.29 is 4.74 Å². The van der Waals surface area contributed by atoms with Crippen molar-refractivity contribution in [1.29, 1.82) is 0 Å². The molecule has 1 aliphatic rings. The van der Waals surface area contributed by atoms with E-state index in [1.165, 1.54) is 30.4 Å². The molecule has 1 fully saturated rings. The molecule has 0 N–H and O–H groups in total. The number of ether oxygens (including phenoxy) is 1. The van der Waals surface area contributed by atoms with Crippen molar-refractivity contribution in [2.75, 3.05) is 6.61 Å². The lowest BCUT2D eigenvalue weighted by atomic mass is 9.98. The highest BCUT2D eigenvalue weighted by molar-refractivity contribution is 6.14. The van der Waals surface area contributed by atoms with Gasteiger partial charge in [-0.3, -0.25) is 0 Å². The highest BCUT2D eigenvalue weighted by Crippen LogP contribution is 2.32. The molecule has 0 amide bonds. The van der Waals surface area contributed by atoms with Crippen LogP contribution >= 0.6 is 0 Å².